The molecular weight excluding hydrogens is 443 g/mol. The summed E-state index contributed by atoms with van der Waals surface area (Å²) >= 11 is 13.6. The summed E-state index contributed by atoms with van der Waals surface area (Å²) in [5, 5.41) is 9.92. The number of nitrogens with zero attached hydrogens (tertiary/aromatic N) is 5. The van der Waals surface area contributed by atoms with Crippen LogP contribution in [-0.2, 0) is 6.54 Å². The molecule has 1 aliphatic heterocycles. The molecule has 0 radical (unpaired) electrons. The third-order valence-electron chi connectivity index (χ3n) is 4.92. The van der Waals surface area contributed by atoms with E-state index in [-0.39, 0.29) is 5.91 Å². The molecule has 1 saturated heterocycles. The summed E-state index contributed by atoms with van der Waals surface area (Å²) in [4.78, 5) is 24.2. The Morgan fingerprint density at radius 2 is 2.03 bits per heavy atom. The van der Waals surface area contributed by atoms with Gasteiger partial charge in [-0.3, -0.25) is 4.79 Å². The van der Waals surface area contributed by atoms with Crippen LogP contribution in [0.15, 0.2) is 29.6 Å². The number of amides is 1. The number of carbonyl (C=O) groups excluding carboxylic acids is 1. The van der Waals surface area contributed by atoms with E-state index in [1.54, 1.807) is 30.0 Å². The van der Waals surface area contributed by atoms with Gasteiger partial charge in [0.05, 0.1) is 28.7 Å². The molecule has 3 aromatic rings. The Balaban J connectivity index is 1.52. The van der Waals surface area contributed by atoms with Crippen LogP contribution in [0.25, 0.3) is 11.0 Å². The molecule has 1 fully saturated rings. The summed E-state index contributed by atoms with van der Waals surface area (Å²) in [6.07, 6.45) is 4.17. The van der Waals surface area contributed by atoms with Crippen LogP contribution in [-0.4, -0.2) is 51.0 Å². The van der Waals surface area contributed by atoms with E-state index in [0.29, 0.717) is 28.7 Å². The van der Waals surface area contributed by atoms with E-state index in [2.05, 4.69) is 22.2 Å². The van der Waals surface area contributed by atoms with E-state index in [0.717, 1.165) is 40.9 Å². The molecule has 7 nitrogen and oxygen atoms in total. The number of carbonyl (C=O) groups is 1. The van der Waals surface area contributed by atoms with Crippen LogP contribution in [0.1, 0.15) is 30.1 Å². The third kappa shape index (κ3) is 4.50. The van der Waals surface area contributed by atoms with Gasteiger partial charge in [0, 0.05) is 24.7 Å². The molecule has 0 unspecified atom stereocenters. The lowest BCUT2D eigenvalue weighted by atomic mass is 10.2. The standard InChI is InChI=1S/C20H22Cl2N6OS/c1-2-30-20-25-17(27-8-3-4-9-27)15-12-24-28(18(15)26-20)10-7-23-19(29)14-6-5-13(21)11-16(14)22/h5-6,11-12H,2-4,7-10H2,1H3,(H,23,29). The second-order valence-corrected chi connectivity index (χ2v) is 9.02. The van der Waals surface area contributed by atoms with Crippen LogP contribution >= 0.6 is 35.0 Å². The van der Waals surface area contributed by atoms with Crippen molar-refractivity contribution in [1.29, 1.82) is 0 Å². The minimum atomic E-state index is -0.247. The molecule has 158 valence electrons. The lowest BCUT2D eigenvalue weighted by Gasteiger charge is -2.17. The average molecular weight is 465 g/mol. The van der Waals surface area contributed by atoms with Crippen molar-refractivity contribution >= 4 is 57.7 Å². The van der Waals surface area contributed by atoms with Gasteiger partial charge in [-0.05, 0) is 36.8 Å². The van der Waals surface area contributed by atoms with Crippen molar-refractivity contribution in [2.75, 3.05) is 30.3 Å². The molecule has 0 bridgehead atoms. The molecule has 4 rings (SSSR count). The average Bonchev–Trinajstić information content (AvgIpc) is 3.38. The van der Waals surface area contributed by atoms with Gasteiger partial charge in [-0.2, -0.15) is 5.10 Å². The van der Waals surface area contributed by atoms with Crippen LogP contribution in [0, 0.1) is 0 Å². The molecule has 0 aliphatic carbocycles. The number of hydrogen-bond donors (Lipinski definition) is 1. The minimum Gasteiger partial charge on any atom is -0.356 e. The second-order valence-electron chi connectivity index (χ2n) is 6.94. The first-order valence-corrected chi connectivity index (χ1v) is 11.7. The smallest absolute Gasteiger partial charge is 0.252 e. The quantitative estimate of drug-likeness (QED) is 0.415. The lowest BCUT2D eigenvalue weighted by molar-refractivity contribution is 0.0952. The van der Waals surface area contributed by atoms with Gasteiger partial charge < -0.3 is 10.2 Å². The summed E-state index contributed by atoms with van der Waals surface area (Å²) < 4.78 is 1.82. The number of rotatable bonds is 7. The van der Waals surface area contributed by atoms with E-state index >= 15 is 0 Å². The van der Waals surface area contributed by atoms with E-state index in [9.17, 15) is 4.79 Å². The number of anilines is 1. The SMILES string of the molecule is CCSc1nc(N2CCCC2)c2cnn(CCNC(=O)c3ccc(Cl)cc3Cl)c2n1. The zero-order valence-electron chi connectivity index (χ0n) is 16.6. The van der Waals surface area contributed by atoms with Crippen molar-refractivity contribution in [1.82, 2.24) is 25.1 Å². The Kier molecular flexibility index (Phi) is 6.65. The molecule has 1 N–H and O–H groups in total. The highest BCUT2D eigenvalue weighted by molar-refractivity contribution is 7.99. The molecule has 2 aromatic heterocycles. The first kappa shape index (κ1) is 21.2. The number of fused-ring (bicyclic) bond motifs is 1. The van der Waals surface area contributed by atoms with Gasteiger partial charge in [0.2, 0.25) is 0 Å². The number of hydrogen-bond acceptors (Lipinski definition) is 6. The van der Waals surface area contributed by atoms with Crippen LogP contribution in [0.3, 0.4) is 0 Å². The molecule has 1 aromatic carbocycles. The van der Waals surface area contributed by atoms with Gasteiger partial charge in [-0.25, -0.2) is 14.6 Å². The highest BCUT2D eigenvalue weighted by Crippen LogP contribution is 2.29. The van der Waals surface area contributed by atoms with Crippen molar-refractivity contribution in [3.05, 3.63) is 40.0 Å². The summed E-state index contributed by atoms with van der Waals surface area (Å²) in [7, 11) is 0. The molecule has 30 heavy (non-hydrogen) atoms. The van der Waals surface area contributed by atoms with Gasteiger partial charge in [0.15, 0.2) is 10.8 Å². The highest BCUT2D eigenvalue weighted by atomic mass is 35.5. The van der Waals surface area contributed by atoms with Gasteiger partial charge in [-0.1, -0.05) is 41.9 Å². The number of halogens is 2. The largest absolute Gasteiger partial charge is 0.356 e. The predicted octanol–water partition coefficient (Wildman–Crippen LogP) is 4.28. The Bertz CT molecular complexity index is 1070. The Morgan fingerprint density at radius 1 is 1.23 bits per heavy atom. The number of benzene rings is 1. The maximum atomic E-state index is 12.4. The zero-order valence-corrected chi connectivity index (χ0v) is 18.9. The number of aromatic nitrogens is 4. The van der Waals surface area contributed by atoms with E-state index in [1.165, 1.54) is 12.8 Å². The molecule has 0 atom stereocenters. The van der Waals surface area contributed by atoms with E-state index in [4.69, 9.17) is 33.2 Å². The van der Waals surface area contributed by atoms with Crippen molar-refractivity contribution < 1.29 is 4.79 Å². The third-order valence-corrected chi connectivity index (χ3v) is 6.20. The fourth-order valence-electron chi connectivity index (χ4n) is 3.49. The molecule has 1 aliphatic rings. The minimum absolute atomic E-state index is 0.247. The van der Waals surface area contributed by atoms with Crippen LogP contribution in [0.2, 0.25) is 10.0 Å². The maximum absolute atomic E-state index is 12.4. The normalized spacial score (nSPS) is 13.9. The first-order chi connectivity index (χ1) is 14.6. The predicted molar refractivity (Wildman–Crippen MR) is 122 cm³/mol. The van der Waals surface area contributed by atoms with E-state index < -0.39 is 0 Å². The summed E-state index contributed by atoms with van der Waals surface area (Å²) in [5.74, 6) is 1.61. The van der Waals surface area contributed by atoms with Gasteiger partial charge in [-0.15, -0.1) is 0 Å². The fraction of sp³-hybridized carbons (Fsp3) is 0.400. The molecule has 10 heteroatoms. The molecule has 1 amide bonds. The highest BCUT2D eigenvalue weighted by Gasteiger charge is 2.21. The molecule has 0 spiro atoms. The van der Waals surface area contributed by atoms with Crippen LogP contribution in [0.5, 0.6) is 0 Å². The van der Waals surface area contributed by atoms with Gasteiger partial charge in [0.25, 0.3) is 5.91 Å². The van der Waals surface area contributed by atoms with Crippen molar-refractivity contribution in [2.45, 2.75) is 31.5 Å². The number of thioether (sulfide) groups is 1. The number of nitrogens with one attached hydrogen (secondary N) is 1. The molecular formula is C20H22Cl2N6OS. The first-order valence-electron chi connectivity index (χ1n) is 9.91. The monoisotopic (exact) mass is 464 g/mol. The van der Waals surface area contributed by atoms with E-state index in [1.807, 2.05) is 10.9 Å². The summed E-state index contributed by atoms with van der Waals surface area (Å²) in [5.41, 5.74) is 1.19. The van der Waals surface area contributed by atoms with Crippen LogP contribution in [0.4, 0.5) is 5.82 Å². The zero-order chi connectivity index (χ0) is 21.1. The van der Waals surface area contributed by atoms with Gasteiger partial charge >= 0.3 is 0 Å². The van der Waals surface area contributed by atoms with Gasteiger partial charge in [0.1, 0.15) is 5.82 Å². The Labute approximate surface area is 189 Å². The second kappa shape index (κ2) is 9.41. The Morgan fingerprint density at radius 3 is 2.77 bits per heavy atom. The van der Waals surface area contributed by atoms with Crippen LogP contribution < -0.4 is 10.2 Å². The van der Waals surface area contributed by atoms with Crippen molar-refractivity contribution in [2.24, 2.45) is 0 Å². The molecule has 3 heterocycles. The Hall–Kier alpha value is -2.03. The topological polar surface area (TPSA) is 75.9 Å². The van der Waals surface area contributed by atoms with Crippen molar-refractivity contribution in [3.63, 3.8) is 0 Å². The van der Waals surface area contributed by atoms with Crippen molar-refractivity contribution in [3.8, 4) is 0 Å². The fourth-order valence-corrected chi connectivity index (χ4v) is 4.55. The summed E-state index contributed by atoms with van der Waals surface area (Å²) in [6, 6.07) is 4.82. The summed E-state index contributed by atoms with van der Waals surface area (Å²) in [6.45, 7) is 4.99. The lowest BCUT2D eigenvalue weighted by Crippen LogP contribution is -2.27. The maximum Gasteiger partial charge on any atom is 0.252 e. The molecule has 0 saturated carbocycles.